The van der Waals surface area contributed by atoms with E-state index >= 15 is 0 Å². The standard InChI is InChI=1S/C18H23N3O4S/c1-14-12-19-13-21(14)15-5-7-20(8-6-15)26(22,23)16-3-4-17-18(11-16)25-10-2-9-24-17/h3-4,11-13,15H,2,5-10H2,1H3. The maximum absolute atomic E-state index is 13.0. The molecule has 8 heteroatoms. The molecule has 0 atom stereocenters. The number of rotatable bonds is 3. The lowest BCUT2D eigenvalue weighted by Gasteiger charge is -2.32. The zero-order valence-corrected chi connectivity index (χ0v) is 15.6. The minimum atomic E-state index is -3.54. The van der Waals surface area contributed by atoms with Crippen molar-refractivity contribution < 1.29 is 17.9 Å². The van der Waals surface area contributed by atoms with E-state index in [1.54, 1.807) is 22.5 Å². The SMILES string of the molecule is Cc1cncn1C1CCN(S(=O)(=O)c2ccc3c(c2)OCCCO3)CC1. The molecule has 1 aromatic carbocycles. The highest BCUT2D eigenvalue weighted by Crippen LogP contribution is 2.34. The molecule has 0 saturated carbocycles. The molecule has 0 spiro atoms. The number of fused-ring (bicyclic) bond motifs is 1. The van der Waals surface area contributed by atoms with Crippen LogP contribution < -0.4 is 9.47 Å². The molecule has 2 aliphatic rings. The summed E-state index contributed by atoms with van der Waals surface area (Å²) in [4.78, 5) is 4.43. The molecule has 1 aromatic heterocycles. The van der Waals surface area contributed by atoms with Crippen LogP contribution in [-0.4, -0.2) is 48.6 Å². The van der Waals surface area contributed by atoms with Gasteiger partial charge in [-0.25, -0.2) is 13.4 Å². The van der Waals surface area contributed by atoms with Crippen LogP contribution in [0.1, 0.15) is 31.0 Å². The Morgan fingerprint density at radius 1 is 1.12 bits per heavy atom. The third kappa shape index (κ3) is 3.19. The van der Waals surface area contributed by atoms with Crippen molar-refractivity contribution in [1.82, 2.24) is 13.9 Å². The summed E-state index contributed by atoms with van der Waals surface area (Å²) in [6.45, 7) is 4.14. The number of sulfonamides is 1. The Bertz CT molecular complexity index is 886. The van der Waals surface area contributed by atoms with Gasteiger partial charge in [0.1, 0.15) is 0 Å². The van der Waals surface area contributed by atoms with Gasteiger partial charge in [-0.2, -0.15) is 4.31 Å². The van der Waals surface area contributed by atoms with Gasteiger partial charge in [0, 0.05) is 43.5 Å². The first kappa shape index (κ1) is 17.4. The highest BCUT2D eigenvalue weighted by atomic mass is 32.2. The van der Waals surface area contributed by atoms with E-state index in [4.69, 9.17) is 9.47 Å². The van der Waals surface area contributed by atoms with Crippen molar-refractivity contribution in [2.45, 2.75) is 37.1 Å². The lowest BCUT2D eigenvalue weighted by atomic mass is 10.1. The molecule has 2 aromatic rings. The summed E-state index contributed by atoms with van der Waals surface area (Å²) in [5.74, 6) is 1.11. The third-order valence-electron chi connectivity index (χ3n) is 5.03. The molecule has 4 rings (SSSR count). The fourth-order valence-electron chi connectivity index (χ4n) is 3.57. The van der Waals surface area contributed by atoms with E-state index in [1.165, 1.54) is 0 Å². The predicted molar refractivity (Wildman–Crippen MR) is 96.0 cm³/mol. The molecule has 3 heterocycles. The van der Waals surface area contributed by atoms with E-state index in [0.717, 1.165) is 25.0 Å². The zero-order valence-electron chi connectivity index (χ0n) is 14.8. The summed E-state index contributed by atoms with van der Waals surface area (Å²) < 4.78 is 41.0. The van der Waals surface area contributed by atoms with Crippen LogP contribution in [0.3, 0.4) is 0 Å². The van der Waals surface area contributed by atoms with Crippen molar-refractivity contribution >= 4 is 10.0 Å². The van der Waals surface area contributed by atoms with Crippen LogP contribution in [0, 0.1) is 6.92 Å². The number of piperidine rings is 1. The van der Waals surface area contributed by atoms with Crippen LogP contribution in [0.2, 0.25) is 0 Å². The first-order chi connectivity index (χ1) is 12.6. The lowest BCUT2D eigenvalue weighted by Crippen LogP contribution is -2.39. The topological polar surface area (TPSA) is 73.7 Å². The molecule has 0 N–H and O–H groups in total. The Hall–Kier alpha value is -2.06. The monoisotopic (exact) mass is 377 g/mol. The number of imidazole rings is 1. The second-order valence-corrected chi connectivity index (χ2v) is 8.67. The quantitative estimate of drug-likeness (QED) is 0.821. The Kier molecular flexibility index (Phi) is 4.62. The van der Waals surface area contributed by atoms with E-state index < -0.39 is 10.0 Å². The Morgan fingerprint density at radius 2 is 1.85 bits per heavy atom. The average molecular weight is 377 g/mol. The van der Waals surface area contributed by atoms with Gasteiger partial charge in [-0.1, -0.05) is 0 Å². The van der Waals surface area contributed by atoms with Gasteiger partial charge in [-0.05, 0) is 31.9 Å². The molecule has 2 aliphatic heterocycles. The molecule has 0 aliphatic carbocycles. The van der Waals surface area contributed by atoms with Crippen molar-refractivity contribution in [3.63, 3.8) is 0 Å². The third-order valence-corrected chi connectivity index (χ3v) is 6.93. The Labute approximate surface area is 153 Å². The van der Waals surface area contributed by atoms with Gasteiger partial charge in [-0.3, -0.25) is 0 Å². The lowest BCUT2D eigenvalue weighted by molar-refractivity contribution is 0.271. The average Bonchev–Trinajstić information content (AvgIpc) is 2.94. The fourth-order valence-corrected chi connectivity index (χ4v) is 5.05. The number of hydrogen-bond acceptors (Lipinski definition) is 5. The summed E-state index contributed by atoms with van der Waals surface area (Å²) in [7, 11) is -3.54. The summed E-state index contributed by atoms with van der Waals surface area (Å²) in [5.41, 5.74) is 1.11. The molecule has 26 heavy (non-hydrogen) atoms. The molecule has 140 valence electrons. The van der Waals surface area contributed by atoms with E-state index in [9.17, 15) is 8.42 Å². The zero-order chi connectivity index (χ0) is 18.1. The van der Waals surface area contributed by atoms with E-state index in [1.807, 2.05) is 19.4 Å². The second kappa shape index (κ2) is 6.92. The number of benzene rings is 1. The molecule has 7 nitrogen and oxygen atoms in total. The minimum absolute atomic E-state index is 0.263. The van der Waals surface area contributed by atoms with Gasteiger partial charge in [0.05, 0.1) is 24.4 Å². The highest BCUT2D eigenvalue weighted by molar-refractivity contribution is 7.89. The normalized spacial score (nSPS) is 19.3. The van der Waals surface area contributed by atoms with Crippen LogP contribution in [0.25, 0.3) is 0 Å². The number of ether oxygens (including phenoxy) is 2. The molecule has 1 fully saturated rings. The van der Waals surface area contributed by atoms with Crippen LogP contribution in [0.5, 0.6) is 11.5 Å². The molecule has 1 saturated heterocycles. The van der Waals surface area contributed by atoms with Crippen LogP contribution in [0.15, 0.2) is 35.6 Å². The van der Waals surface area contributed by atoms with Gasteiger partial charge in [0.2, 0.25) is 10.0 Å². The maximum atomic E-state index is 13.0. The van der Waals surface area contributed by atoms with Crippen LogP contribution >= 0.6 is 0 Å². The molecule has 0 unspecified atom stereocenters. The van der Waals surface area contributed by atoms with E-state index in [0.29, 0.717) is 43.8 Å². The molecule has 0 amide bonds. The summed E-state index contributed by atoms with van der Waals surface area (Å²) >= 11 is 0. The molecule has 0 radical (unpaired) electrons. The molecule has 0 bridgehead atoms. The largest absolute Gasteiger partial charge is 0.490 e. The van der Waals surface area contributed by atoms with Crippen LogP contribution in [-0.2, 0) is 10.0 Å². The van der Waals surface area contributed by atoms with Gasteiger partial charge < -0.3 is 14.0 Å². The molecular formula is C18H23N3O4S. The van der Waals surface area contributed by atoms with Crippen molar-refractivity contribution in [3.05, 3.63) is 36.4 Å². The van der Waals surface area contributed by atoms with Crippen molar-refractivity contribution in [1.29, 1.82) is 0 Å². The minimum Gasteiger partial charge on any atom is -0.490 e. The summed E-state index contributed by atoms with van der Waals surface area (Å²) in [6.07, 6.45) is 6.01. The maximum Gasteiger partial charge on any atom is 0.243 e. The van der Waals surface area contributed by atoms with Gasteiger partial charge in [-0.15, -0.1) is 0 Å². The Morgan fingerprint density at radius 3 is 2.54 bits per heavy atom. The Balaban J connectivity index is 1.51. The van der Waals surface area contributed by atoms with Gasteiger partial charge >= 0.3 is 0 Å². The van der Waals surface area contributed by atoms with Gasteiger partial charge in [0.15, 0.2) is 11.5 Å². The highest BCUT2D eigenvalue weighted by Gasteiger charge is 2.31. The first-order valence-corrected chi connectivity index (χ1v) is 10.4. The van der Waals surface area contributed by atoms with Crippen LogP contribution in [0.4, 0.5) is 0 Å². The predicted octanol–water partition coefficient (Wildman–Crippen LogP) is 2.38. The molecular weight excluding hydrogens is 354 g/mol. The smallest absolute Gasteiger partial charge is 0.243 e. The van der Waals surface area contributed by atoms with Crippen molar-refractivity contribution in [2.75, 3.05) is 26.3 Å². The summed E-state index contributed by atoms with van der Waals surface area (Å²) in [6, 6.07) is 5.18. The van der Waals surface area contributed by atoms with Crippen molar-refractivity contribution in [2.24, 2.45) is 0 Å². The number of aromatic nitrogens is 2. The number of hydrogen-bond donors (Lipinski definition) is 0. The number of aryl methyl sites for hydroxylation is 1. The van der Waals surface area contributed by atoms with E-state index in [2.05, 4.69) is 9.55 Å². The number of nitrogens with zero attached hydrogens (tertiary/aromatic N) is 3. The van der Waals surface area contributed by atoms with Gasteiger partial charge in [0.25, 0.3) is 0 Å². The summed E-state index contributed by atoms with van der Waals surface area (Å²) in [5, 5.41) is 0. The second-order valence-electron chi connectivity index (χ2n) is 6.74. The first-order valence-electron chi connectivity index (χ1n) is 8.94. The fraction of sp³-hybridized carbons (Fsp3) is 0.500. The van der Waals surface area contributed by atoms with E-state index in [-0.39, 0.29) is 4.90 Å². The van der Waals surface area contributed by atoms with Crippen molar-refractivity contribution in [3.8, 4) is 11.5 Å².